The van der Waals surface area contributed by atoms with Gasteiger partial charge in [0.15, 0.2) is 5.78 Å². The van der Waals surface area contributed by atoms with Gasteiger partial charge >= 0.3 is 6.09 Å². The summed E-state index contributed by atoms with van der Waals surface area (Å²) in [6.45, 7) is 7.47. The summed E-state index contributed by atoms with van der Waals surface area (Å²) in [5.41, 5.74) is -0.908. The number of piperidine rings is 1. The van der Waals surface area contributed by atoms with Crippen LogP contribution in [0.3, 0.4) is 0 Å². The number of likely N-dealkylation sites (tertiary alicyclic amines) is 1. The van der Waals surface area contributed by atoms with Gasteiger partial charge in [-0.15, -0.1) is 0 Å². The van der Waals surface area contributed by atoms with Crippen LogP contribution in [-0.2, 0) is 4.74 Å². The molecular formula is C25H33F2NO4. The van der Waals surface area contributed by atoms with Crippen LogP contribution in [0.25, 0.3) is 0 Å². The number of amides is 1. The van der Waals surface area contributed by atoms with E-state index in [9.17, 15) is 18.4 Å². The number of Topliss-reactive ketones (excluding diaryl/α,β-unsaturated/α-hetero) is 1. The van der Waals surface area contributed by atoms with Crippen molar-refractivity contribution >= 4 is 11.9 Å². The Morgan fingerprint density at radius 1 is 1.06 bits per heavy atom. The molecule has 0 N–H and O–H groups in total. The van der Waals surface area contributed by atoms with Crippen LogP contribution >= 0.6 is 0 Å². The fourth-order valence-electron chi connectivity index (χ4n) is 4.76. The van der Waals surface area contributed by atoms with E-state index in [1.54, 1.807) is 4.90 Å². The van der Waals surface area contributed by atoms with E-state index in [1.807, 2.05) is 20.8 Å². The number of nitrogens with zero attached hydrogens (tertiary/aromatic N) is 1. The largest absolute Gasteiger partial charge is 0.493 e. The summed E-state index contributed by atoms with van der Waals surface area (Å²) in [7, 11) is 0. The molecule has 1 aromatic carbocycles. The number of benzene rings is 1. The molecule has 0 radical (unpaired) electrons. The van der Waals surface area contributed by atoms with Crippen molar-refractivity contribution in [2.45, 2.75) is 64.9 Å². The SMILES string of the molecule is CC(C)(C)OC(=O)N1CCC([C@H]2C[C@H]2CCOc2cc(F)c(C(=O)C3CC3)c(F)c2)CC1. The van der Waals surface area contributed by atoms with E-state index in [0.29, 0.717) is 37.2 Å². The third kappa shape index (κ3) is 5.59. The Morgan fingerprint density at radius 2 is 1.69 bits per heavy atom. The van der Waals surface area contributed by atoms with Gasteiger partial charge in [-0.1, -0.05) is 0 Å². The summed E-state index contributed by atoms with van der Waals surface area (Å²) in [5.74, 6) is -0.420. The van der Waals surface area contributed by atoms with E-state index in [2.05, 4.69) is 0 Å². The lowest BCUT2D eigenvalue weighted by molar-refractivity contribution is 0.0173. The Labute approximate surface area is 188 Å². The number of rotatable bonds is 7. The smallest absolute Gasteiger partial charge is 0.410 e. The first-order chi connectivity index (χ1) is 15.1. The van der Waals surface area contributed by atoms with E-state index in [1.165, 1.54) is 0 Å². The van der Waals surface area contributed by atoms with Gasteiger partial charge in [-0.05, 0) is 77.0 Å². The third-order valence-electron chi connectivity index (χ3n) is 6.74. The van der Waals surface area contributed by atoms with Gasteiger partial charge in [-0.2, -0.15) is 0 Å². The minimum absolute atomic E-state index is 0.134. The highest BCUT2D eigenvalue weighted by molar-refractivity contribution is 5.99. The lowest BCUT2D eigenvalue weighted by Gasteiger charge is -2.33. The molecule has 2 aliphatic carbocycles. The molecular weight excluding hydrogens is 416 g/mol. The average molecular weight is 450 g/mol. The second kappa shape index (κ2) is 8.99. The predicted molar refractivity (Wildman–Crippen MR) is 116 cm³/mol. The maximum Gasteiger partial charge on any atom is 0.410 e. The van der Waals surface area contributed by atoms with E-state index in [0.717, 1.165) is 50.9 Å². The fourth-order valence-corrected chi connectivity index (χ4v) is 4.76. The number of carbonyl (C=O) groups excluding carboxylic acids is 2. The van der Waals surface area contributed by atoms with Crippen LogP contribution in [0.2, 0.25) is 0 Å². The highest BCUT2D eigenvalue weighted by Crippen LogP contribution is 2.49. The minimum atomic E-state index is -0.835. The van der Waals surface area contributed by atoms with Gasteiger partial charge in [0.1, 0.15) is 23.0 Å². The van der Waals surface area contributed by atoms with E-state index >= 15 is 0 Å². The van der Waals surface area contributed by atoms with Gasteiger partial charge in [-0.25, -0.2) is 13.6 Å². The molecule has 1 heterocycles. The van der Waals surface area contributed by atoms with Crippen LogP contribution in [0.5, 0.6) is 5.75 Å². The molecule has 0 bridgehead atoms. The second-order valence-corrected chi connectivity index (χ2v) is 10.5. The number of carbonyl (C=O) groups is 2. The quantitative estimate of drug-likeness (QED) is 0.508. The zero-order chi connectivity index (χ0) is 23.0. The van der Waals surface area contributed by atoms with Crippen LogP contribution in [0.1, 0.15) is 69.7 Å². The van der Waals surface area contributed by atoms with Crippen molar-refractivity contribution in [1.82, 2.24) is 4.90 Å². The molecule has 1 saturated heterocycles. The Morgan fingerprint density at radius 3 is 2.25 bits per heavy atom. The molecule has 32 heavy (non-hydrogen) atoms. The number of halogens is 2. The topological polar surface area (TPSA) is 55.8 Å². The first kappa shape index (κ1) is 23.0. The van der Waals surface area contributed by atoms with Crippen LogP contribution < -0.4 is 4.74 Å². The summed E-state index contributed by atoms with van der Waals surface area (Å²) in [6.07, 6.45) is 5.11. The highest BCUT2D eigenvalue weighted by Gasteiger charge is 2.43. The zero-order valence-electron chi connectivity index (χ0n) is 19.2. The molecule has 1 aromatic rings. The predicted octanol–water partition coefficient (Wildman–Crippen LogP) is 5.61. The molecule has 2 saturated carbocycles. The molecule has 2 atom stereocenters. The summed E-state index contributed by atoms with van der Waals surface area (Å²) in [5, 5.41) is 0. The van der Waals surface area contributed by atoms with Crippen LogP contribution in [-0.4, -0.2) is 42.1 Å². The summed E-state index contributed by atoms with van der Waals surface area (Å²) in [6, 6.07) is 2.24. The number of ketones is 1. The molecule has 5 nitrogen and oxygen atoms in total. The van der Waals surface area contributed by atoms with Gasteiger partial charge in [-0.3, -0.25) is 4.79 Å². The first-order valence-electron chi connectivity index (χ1n) is 11.8. The number of ether oxygens (including phenoxy) is 2. The molecule has 1 amide bonds. The van der Waals surface area contributed by atoms with Crippen molar-refractivity contribution in [3.8, 4) is 5.75 Å². The molecule has 4 rings (SSSR count). The van der Waals surface area contributed by atoms with Crippen molar-refractivity contribution in [3.63, 3.8) is 0 Å². The first-order valence-corrected chi connectivity index (χ1v) is 11.8. The van der Waals surface area contributed by atoms with Crippen molar-refractivity contribution < 1.29 is 27.8 Å². The Bertz CT molecular complexity index is 846. The normalized spacial score (nSPS) is 23.7. The standard InChI is InChI=1S/C25H33F2NO4/c1-25(2,3)32-24(30)28-9-6-15(7-10-28)19-12-17(19)8-11-31-18-13-20(26)22(21(27)14-18)23(29)16-4-5-16/h13-17,19H,4-12H2,1-3H3/t17-,19-/m1/s1. The van der Waals surface area contributed by atoms with Crippen molar-refractivity contribution in [2.24, 2.45) is 23.7 Å². The lowest BCUT2D eigenvalue weighted by atomic mass is 9.90. The van der Waals surface area contributed by atoms with Crippen LogP contribution in [0.15, 0.2) is 12.1 Å². The molecule has 0 spiro atoms. The maximum atomic E-state index is 14.3. The van der Waals surface area contributed by atoms with Gasteiger partial charge in [0.25, 0.3) is 0 Å². The molecule has 176 valence electrons. The van der Waals surface area contributed by atoms with Gasteiger partial charge in [0, 0.05) is 31.1 Å². The molecule has 1 aliphatic heterocycles. The Hall–Kier alpha value is -2.18. The molecule has 3 aliphatic rings. The summed E-state index contributed by atoms with van der Waals surface area (Å²) >= 11 is 0. The van der Waals surface area contributed by atoms with Crippen molar-refractivity contribution in [3.05, 3.63) is 29.3 Å². The maximum absolute atomic E-state index is 14.3. The molecule has 7 heteroatoms. The highest BCUT2D eigenvalue weighted by atomic mass is 19.1. The van der Waals surface area contributed by atoms with E-state index in [-0.39, 0.29) is 17.8 Å². The van der Waals surface area contributed by atoms with E-state index < -0.39 is 28.6 Å². The third-order valence-corrected chi connectivity index (χ3v) is 6.74. The lowest BCUT2D eigenvalue weighted by Crippen LogP contribution is -2.42. The van der Waals surface area contributed by atoms with Gasteiger partial charge < -0.3 is 14.4 Å². The van der Waals surface area contributed by atoms with Crippen molar-refractivity contribution in [1.29, 1.82) is 0 Å². The Kier molecular flexibility index (Phi) is 6.46. The van der Waals surface area contributed by atoms with Gasteiger partial charge in [0.05, 0.1) is 12.2 Å². The summed E-state index contributed by atoms with van der Waals surface area (Å²) in [4.78, 5) is 26.0. The minimum Gasteiger partial charge on any atom is -0.493 e. The second-order valence-electron chi connectivity index (χ2n) is 10.5. The zero-order valence-corrected chi connectivity index (χ0v) is 19.2. The monoisotopic (exact) mass is 449 g/mol. The Balaban J connectivity index is 1.19. The number of hydrogen-bond acceptors (Lipinski definition) is 4. The van der Waals surface area contributed by atoms with Crippen molar-refractivity contribution in [2.75, 3.05) is 19.7 Å². The van der Waals surface area contributed by atoms with E-state index in [4.69, 9.17) is 9.47 Å². The van der Waals surface area contributed by atoms with Crippen LogP contribution in [0.4, 0.5) is 13.6 Å². The molecule has 0 unspecified atom stereocenters. The van der Waals surface area contributed by atoms with Crippen LogP contribution in [0, 0.1) is 35.3 Å². The number of hydrogen-bond donors (Lipinski definition) is 0. The fraction of sp³-hybridized carbons (Fsp3) is 0.680. The average Bonchev–Trinajstić information content (AvgIpc) is 3.60. The molecule has 3 fully saturated rings. The molecule has 0 aromatic heterocycles. The van der Waals surface area contributed by atoms with Gasteiger partial charge in [0.2, 0.25) is 0 Å². The summed E-state index contributed by atoms with van der Waals surface area (Å²) < 4.78 is 39.6.